The summed E-state index contributed by atoms with van der Waals surface area (Å²) < 4.78 is 0. The van der Waals surface area contributed by atoms with E-state index in [4.69, 9.17) is 0 Å². The first-order chi connectivity index (χ1) is 12.9. The third kappa shape index (κ3) is 6.90. The number of rotatable bonds is 9. The van der Waals surface area contributed by atoms with Gasteiger partial charge in [-0.3, -0.25) is 30.1 Å². The van der Waals surface area contributed by atoms with Crippen LogP contribution >= 0.6 is 0 Å². The highest BCUT2D eigenvalue weighted by Crippen LogP contribution is 2.18. The van der Waals surface area contributed by atoms with E-state index in [1.54, 1.807) is 24.1 Å². The SMILES string of the molecule is CCN(CC)c1ccc(C(=O)NNC(=O)CN(C)CC(=O)NC2CC2)cc1. The molecule has 0 aromatic heterocycles. The molecule has 0 radical (unpaired) electrons. The molecule has 1 aliphatic carbocycles. The van der Waals surface area contributed by atoms with Crippen LogP contribution in [0.1, 0.15) is 37.0 Å². The highest BCUT2D eigenvalue weighted by Gasteiger charge is 2.23. The van der Waals surface area contributed by atoms with Crippen molar-refractivity contribution in [2.24, 2.45) is 0 Å². The number of carbonyl (C=O) groups is 3. The molecule has 0 spiro atoms. The summed E-state index contributed by atoms with van der Waals surface area (Å²) in [5, 5.41) is 2.87. The van der Waals surface area contributed by atoms with Gasteiger partial charge in [0.1, 0.15) is 0 Å². The van der Waals surface area contributed by atoms with Gasteiger partial charge in [0, 0.05) is 30.4 Å². The Morgan fingerprint density at radius 2 is 1.56 bits per heavy atom. The summed E-state index contributed by atoms with van der Waals surface area (Å²) in [6, 6.07) is 7.52. The molecule has 1 aliphatic rings. The summed E-state index contributed by atoms with van der Waals surface area (Å²) >= 11 is 0. The highest BCUT2D eigenvalue weighted by molar-refractivity contribution is 5.95. The Morgan fingerprint density at radius 3 is 2.11 bits per heavy atom. The summed E-state index contributed by atoms with van der Waals surface area (Å²) in [5.41, 5.74) is 6.28. The van der Waals surface area contributed by atoms with Gasteiger partial charge >= 0.3 is 0 Å². The minimum absolute atomic E-state index is 0.0132. The van der Waals surface area contributed by atoms with Gasteiger partial charge in [0.05, 0.1) is 13.1 Å². The van der Waals surface area contributed by atoms with Crippen LogP contribution in [0.25, 0.3) is 0 Å². The highest BCUT2D eigenvalue weighted by atomic mass is 16.2. The number of hydrogen-bond donors (Lipinski definition) is 3. The molecule has 1 aromatic carbocycles. The number of hydrogen-bond acceptors (Lipinski definition) is 5. The number of likely N-dealkylation sites (N-methyl/N-ethyl adjacent to an activating group) is 1. The summed E-state index contributed by atoms with van der Waals surface area (Å²) in [7, 11) is 1.68. The first-order valence-electron chi connectivity index (χ1n) is 9.35. The molecule has 148 valence electrons. The molecule has 0 bridgehead atoms. The van der Waals surface area contributed by atoms with E-state index in [1.807, 2.05) is 12.1 Å². The average molecular weight is 375 g/mol. The maximum atomic E-state index is 12.1. The molecule has 0 unspecified atom stereocenters. The molecule has 3 N–H and O–H groups in total. The van der Waals surface area contributed by atoms with Crippen LogP contribution in [0, 0.1) is 0 Å². The molecular formula is C19H29N5O3. The van der Waals surface area contributed by atoms with Crippen LogP contribution in [0.4, 0.5) is 5.69 Å². The number of benzene rings is 1. The first-order valence-corrected chi connectivity index (χ1v) is 9.35. The van der Waals surface area contributed by atoms with Crippen LogP contribution in [0.5, 0.6) is 0 Å². The van der Waals surface area contributed by atoms with Crippen molar-refractivity contribution < 1.29 is 14.4 Å². The van der Waals surface area contributed by atoms with Crippen LogP contribution in [-0.4, -0.2) is 61.9 Å². The second-order valence-corrected chi connectivity index (χ2v) is 6.74. The van der Waals surface area contributed by atoms with Crippen LogP contribution in [0.3, 0.4) is 0 Å². The smallest absolute Gasteiger partial charge is 0.269 e. The van der Waals surface area contributed by atoms with E-state index in [0.29, 0.717) is 11.6 Å². The zero-order chi connectivity index (χ0) is 19.8. The van der Waals surface area contributed by atoms with E-state index in [1.165, 1.54) is 0 Å². The Hall–Kier alpha value is -2.61. The van der Waals surface area contributed by atoms with Crippen molar-refractivity contribution in [3.63, 3.8) is 0 Å². The van der Waals surface area contributed by atoms with Crippen molar-refractivity contribution in [2.45, 2.75) is 32.7 Å². The Morgan fingerprint density at radius 1 is 0.963 bits per heavy atom. The quantitative estimate of drug-likeness (QED) is 0.547. The van der Waals surface area contributed by atoms with E-state index in [0.717, 1.165) is 31.6 Å². The molecule has 1 aromatic rings. The third-order valence-electron chi connectivity index (χ3n) is 4.34. The Kier molecular flexibility index (Phi) is 7.60. The number of carbonyl (C=O) groups excluding carboxylic acids is 3. The molecule has 8 nitrogen and oxygen atoms in total. The molecule has 27 heavy (non-hydrogen) atoms. The zero-order valence-corrected chi connectivity index (χ0v) is 16.2. The second-order valence-electron chi connectivity index (χ2n) is 6.74. The van der Waals surface area contributed by atoms with Crippen LogP contribution in [-0.2, 0) is 9.59 Å². The summed E-state index contributed by atoms with van der Waals surface area (Å²) in [4.78, 5) is 39.5. The molecule has 0 aliphatic heterocycles. The van der Waals surface area contributed by atoms with Gasteiger partial charge in [0.15, 0.2) is 0 Å². The maximum absolute atomic E-state index is 12.1. The predicted molar refractivity (Wildman–Crippen MR) is 104 cm³/mol. The van der Waals surface area contributed by atoms with Crippen molar-refractivity contribution in [1.29, 1.82) is 0 Å². The number of amides is 3. The second kappa shape index (κ2) is 9.91. The predicted octanol–water partition coefficient (Wildman–Crippen LogP) is 0.504. The minimum atomic E-state index is -0.386. The molecule has 0 atom stereocenters. The number of anilines is 1. The molecular weight excluding hydrogens is 346 g/mol. The van der Waals surface area contributed by atoms with Crippen LogP contribution < -0.4 is 21.1 Å². The van der Waals surface area contributed by atoms with Crippen molar-refractivity contribution in [1.82, 2.24) is 21.1 Å². The van der Waals surface area contributed by atoms with Gasteiger partial charge in [-0.25, -0.2) is 0 Å². The molecule has 3 amide bonds. The molecule has 8 heteroatoms. The van der Waals surface area contributed by atoms with Crippen molar-refractivity contribution in [3.05, 3.63) is 29.8 Å². The lowest BCUT2D eigenvalue weighted by Gasteiger charge is -2.21. The fourth-order valence-corrected chi connectivity index (χ4v) is 2.70. The number of hydrazine groups is 1. The van der Waals surface area contributed by atoms with E-state index in [9.17, 15) is 14.4 Å². The Bertz CT molecular complexity index is 654. The molecule has 0 saturated heterocycles. The Balaban J connectivity index is 1.73. The van der Waals surface area contributed by atoms with Gasteiger partial charge < -0.3 is 10.2 Å². The fourth-order valence-electron chi connectivity index (χ4n) is 2.70. The summed E-state index contributed by atoms with van der Waals surface area (Å²) in [5.74, 6) is -0.862. The largest absolute Gasteiger partial charge is 0.372 e. The molecule has 1 fully saturated rings. The van der Waals surface area contributed by atoms with Gasteiger partial charge in [0.2, 0.25) is 5.91 Å². The van der Waals surface area contributed by atoms with Crippen molar-refractivity contribution >= 4 is 23.4 Å². The van der Waals surface area contributed by atoms with Crippen molar-refractivity contribution in [2.75, 3.05) is 38.1 Å². The first kappa shape index (κ1) is 20.7. The average Bonchev–Trinajstić information content (AvgIpc) is 3.45. The van der Waals surface area contributed by atoms with E-state index in [2.05, 4.69) is 34.9 Å². The van der Waals surface area contributed by atoms with Gasteiger partial charge in [0.25, 0.3) is 11.8 Å². The zero-order valence-electron chi connectivity index (χ0n) is 16.2. The Labute approximate surface area is 160 Å². The van der Waals surface area contributed by atoms with Crippen LogP contribution in [0.15, 0.2) is 24.3 Å². The monoisotopic (exact) mass is 375 g/mol. The van der Waals surface area contributed by atoms with Gasteiger partial charge in [-0.05, 0) is 58.0 Å². The lowest BCUT2D eigenvalue weighted by molar-refractivity contribution is -0.125. The van der Waals surface area contributed by atoms with E-state index in [-0.39, 0.29) is 30.8 Å². The number of nitrogens with one attached hydrogen (secondary N) is 3. The molecule has 2 rings (SSSR count). The van der Waals surface area contributed by atoms with E-state index < -0.39 is 0 Å². The molecule has 0 heterocycles. The van der Waals surface area contributed by atoms with Gasteiger partial charge in [-0.15, -0.1) is 0 Å². The lowest BCUT2D eigenvalue weighted by Crippen LogP contribution is -2.47. The summed E-state index contributed by atoms with van der Waals surface area (Å²) in [6.07, 6.45) is 2.05. The summed E-state index contributed by atoms with van der Waals surface area (Å²) in [6.45, 7) is 6.09. The van der Waals surface area contributed by atoms with Gasteiger partial charge in [-0.1, -0.05) is 0 Å². The number of nitrogens with zero attached hydrogens (tertiary/aromatic N) is 2. The van der Waals surface area contributed by atoms with Crippen molar-refractivity contribution in [3.8, 4) is 0 Å². The van der Waals surface area contributed by atoms with E-state index >= 15 is 0 Å². The fraction of sp³-hybridized carbons (Fsp3) is 0.526. The topological polar surface area (TPSA) is 93.8 Å². The minimum Gasteiger partial charge on any atom is -0.372 e. The molecule has 1 saturated carbocycles. The standard InChI is InChI=1S/C19H29N5O3/c1-4-24(5-2)16-10-6-14(7-11-16)19(27)22-21-18(26)13-23(3)12-17(25)20-15-8-9-15/h6-7,10-11,15H,4-5,8-9,12-13H2,1-3H3,(H,20,25)(H,21,26)(H,22,27). The van der Waals surface area contributed by atoms with Gasteiger partial charge in [-0.2, -0.15) is 0 Å². The normalized spacial score (nSPS) is 13.2. The van der Waals surface area contributed by atoms with Crippen LogP contribution in [0.2, 0.25) is 0 Å². The lowest BCUT2D eigenvalue weighted by atomic mass is 10.2. The third-order valence-corrected chi connectivity index (χ3v) is 4.34. The maximum Gasteiger partial charge on any atom is 0.269 e.